The molecule has 3 heteroatoms. The Morgan fingerprint density at radius 2 is 2.12 bits per heavy atom. The summed E-state index contributed by atoms with van der Waals surface area (Å²) in [4.78, 5) is 0. The average Bonchev–Trinajstić information content (AvgIpc) is 1.69. The Morgan fingerprint density at radius 1 is 1.38 bits per heavy atom. The molecular weight excluding hydrogens is 145 g/mol. The minimum Gasteiger partial charge on any atom is -0.289 e. The monoisotopic (exact) mass is 152 g/mol. The van der Waals surface area contributed by atoms with Crippen molar-refractivity contribution in [3.05, 3.63) is 24.4 Å². The van der Waals surface area contributed by atoms with Gasteiger partial charge in [0.1, 0.15) is 0 Å². The summed E-state index contributed by atoms with van der Waals surface area (Å²) in [6.07, 6.45) is 7.16. The molecule has 0 bridgehead atoms. The van der Waals surface area contributed by atoms with Crippen molar-refractivity contribution >= 4 is 0 Å². The minimum absolute atomic E-state index is 0. The molecule has 45 valence electrons. The molecule has 1 heterocycles. The van der Waals surface area contributed by atoms with Gasteiger partial charge in [-0.3, -0.25) is 10.3 Å². The van der Waals surface area contributed by atoms with Crippen LogP contribution in [0.25, 0.3) is 0 Å². The van der Waals surface area contributed by atoms with Crippen LogP contribution in [0.2, 0.25) is 0 Å². The van der Waals surface area contributed by atoms with Gasteiger partial charge in [0.25, 0.3) is 0 Å². The Balaban J connectivity index is 0.000000490. The molecule has 2 nitrogen and oxygen atoms in total. The van der Waals surface area contributed by atoms with Crippen molar-refractivity contribution in [3.63, 3.8) is 0 Å². The summed E-state index contributed by atoms with van der Waals surface area (Å²) in [5.41, 5.74) is 0. The number of hydrogen-bond acceptors (Lipinski definition) is 2. The largest absolute Gasteiger partial charge is 0.289 e. The summed E-state index contributed by atoms with van der Waals surface area (Å²) in [6, 6.07) is 0. The number of hydrogen-bond donors (Lipinski definition) is 1. The fourth-order valence-electron chi connectivity index (χ4n) is 0.457. The fourth-order valence-corrected chi connectivity index (χ4v) is 0.457. The molecular formula is C5H7MnNO. The van der Waals surface area contributed by atoms with Crippen LogP contribution >= 0.6 is 0 Å². The van der Waals surface area contributed by atoms with E-state index in [2.05, 4.69) is 0 Å². The molecule has 0 unspecified atom stereocenters. The van der Waals surface area contributed by atoms with Crippen LogP contribution in [0.1, 0.15) is 0 Å². The number of hydroxylamine groups is 2. The van der Waals surface area contributed by atoms with Gasteiger partial charge in [-0.05, 0) is 6.08 Å². The van der Waals surface area contributed by atoms with Crippen molar-refractivity contribution < 1.29 is 22.3 Å². The summed E-state index contributed by atoms with van der Waals surface area (Å²) in [6.45, 7) is 0.608. The molecule has 0 aliphatic carbocycles. The summed E-state index contributed by atoms with van der Waals surface area (Å²) in [7, 11) is 0. The summed E-state index contributed by atoms with van der Waals surface area (Å²) >= 11 is 0. The molecule has 0 atom stereocenters. The van der Waals surface area contributed by atoms with Crippen LogP contribution in [0.5, 0.6) is 0 Å². The van der Waals surface area contributed by atoms with Gasteiger partial charge in [0, 0.05) is 23.3 Å². The maximum absolute atomic E-state index is 8.60. The van der Waals surface area contributed by atoms with Crippen LogP contribution in [0, 0.1) is 0 Å². The van der Waals surface area contributed by atoms with Gasteiger partial charge < -0.3 is 0 Å². The van der Waals surface area contributed by atoms with E-state index in [1.165, 1.54) is 0 Å². The van der Waals surface area contributed by atoms with E-state index in [0.717, 1.165) is 5.06 Å². The molecule has 1 radical (unpaired) electrons. The maximum Gasteiger partial charge on any atom is 0.0630 e. The Morgan fingerprint density at radius 3 is 2.38 bits per heavy atom. The molecule has 0 aromatic carbocycles. The van der Waals surface area contributed by atoms with Gasteiger partial charge in [0.15, 0.2) is 0 Å². The zero-order chi connectivity index (χ0) is 5.11. The number of allylic oxidation sites excluding steroid dienone is 2. The summed E-state index contributed by atoms with van der Waals surface area (Å²) < 4.78 is 0. The van der Waals surface area contributed by atoms with Gasteiger partial charge in [-0.25, -0.2) is 0 Å². The van der Waals surface area contributed by atoms with E-state index < -0.39 is 0 Å². The summed E-state index contributed by atoms with van der Waals surface area (Å²) in [5, 5.41) is 9.73. The first-order chi connectivity index (χ1) is 3.39. The van der Waals surface area contributed by atoms with Crippen LogP contribution in [-0.2, 0) is 17.1 Å². The van der Waals surface area contributed by atoms with Gasteiger partial charge in [-0.1, -0.05) is 12.2 Å². The Labute approximate surface area is 58.9 Å². The van der Waals surface area contributed by atoms with Gasteiger partial charge in [-0.2, -0.15) is 0 Å². The maximum atomic E-state index is 8.60. The number of rotatable bonds is 0. The second-order valence-corrected chi connectivity index (χ2v) is 1.39. The van der Waals surface area contributed by atoms with E-state index in [9.17, 15) is 0 Å². The average molecular weight is 152 g/mol. The minimum atomic E-state index is 0. The molecule has 8 heavy (non-hydrogen) atoms. The Hall–Kier alpha value is -0.241. The summed E-state index contributed by atoms with van der Waals surface area (Å²) in [5.74, 6) is 0. The molecule has 0 spiro atoms. The van der Waals surface area contributed by atoms with Crippen molar-refractivity contribution in [3.8, 4) is 0 Å². The van der Waals surface area contributed by atoms with Crippen molar-refractivity contribution in [2.75, 3.05) is 6.54 Å². The molecule has 0 aromatic heterocycles. The van der Waals surface area contributed by atoms with Crippen molar-refractivity contribution in [1.29, 1.82) is 0 Å². The van der Waals surface area contributed by atoms with Crippen LogP contribution < -0.4 is 0 Å². The quantitative estimate of drug-likeness (QED) is 0.518. The Bertz CT molecular complexity index is 111. The van der Waals surface area contributed by atoms with Crippen LogP contribution in [0.15, 0.2) is 24.4 Å². The molecule has 1 N–H and O–H groups in total. The molecule has 0 aromatic rings. The van der Waals surface area contributed by atoms with E-state index in [1.54, 1.807) is 12.3 Å². The first-order valence-corrected chi connectivity index (χ1v) is 2.18. The third-order valence-corrected chi connectivity index (χ3v) is 0.798. The van der Waals surface area contributed by atoms with Gasteiger partial charge in [0.05, 0.1) is 6.54 Å². The van der Waals surface area contributed by atoms with Gasteiger partial charge in [-0.15, -0.1) is 0 Å². The second-order valence-electron chi connectivity index (χ2n) is 1.39. The SMILES string of the molecule is ON1C=CC=CC1.[Mn]. The first-order valence-electron chi connectivity index (χ1n) is 2.18. The van der Waals surface area contributed by atoms with Gasteiger partial charge >= 0.3 is 0 Å². The second kappa shape index (κ2) is 3.72. The predicted octanol–water partition coefficient (Wildman–Crippen LogP) is 0.759. The van der Waals surface area contributed by atoms with E-state index >= 15 is 0 Å². The predicted molar refractivity (Wildman–Crippen MR) is 26.8 cm³/mol. The van der Waals surface area contributed by atoms with E-state index in [0.29, 0.717) is 6.54 Å². The zero-order valence-corrected chi connectivity index (χ0v) is 5.47. The molecule has 0 saturated heterocycles. The van der Waals surface area contributed by atoms with Crippen molar-refractivity contribution in [2.24, 2.45) is 0 Å². The van der Waals surface area contributed by atoms with Crippen molar-refractivity contribution in [2.45, 2.75) is 0 Å². The van der Waals surface area contributed by atoms with E-state index in [-0.39, 0.29) is 17.1 Å². The fraction of sp³-hybridized carbons (Fsp3) is 0.200. The Kier molecular flexibility index (Phi) is 3.61. The normalized spacial score (nSPS) is 15.9. The molecule has 0 fully saturated rings. The molecule has 1 aliphatic heterocycles. The standard InChI is InChI=1S/C5H7NO.Mn/c7-6-4-2-1-3-5-6;/h1-4,7H,5H2;. The third kappa shape index (κ3) is 2.17. The van der Waals surface area contributed by atoms with Crippen LogP contribution in [0.4, 0.5) is 0 Å². The van der Waals surface area contributed by atoms with Crippen LogP contribution in [0.3, 0.4) is 0 Å². The molecule has 1 aliphatic rings. The topological polar surface area (TPSA) is 23.5 Å². The van der Waals surface area contributed by atoms with E-state index in [4.69, 9.17) is 5.21 Å². The van der Waals surface area contributed by atoms with E-state index in [1.807, 2.05) is 12.2 Å². The third-order valence-electron chi connectivity index (χ3n) is 0.798. The number of nitrogens with zero attached hydrogens (tertiary/aromatic N) is 1. The molecule has 0 saturated carbocycles. The molecule has 0 amide bonds. The van der Waals surface area contributed by atoms with Crippen LogP contribution in [-0.4, -0.2) is 16.8 Å². The van der Waals surface area contributed by atoms with Gasteiger partial charge in [0.2, 0.25) is 0 Å². The molecule has 1 rings (SSSR count). The first kappa shape index (κ1) is 7.76. The zero-order valence-electron chi connectivity index (χ0n) is 4.29. The smallest absolute Gasteiger partial charge is 0.0630 e. The van der Waals surface area contributed by atoms with Crippen molar-refractivity contribution in [1.82, 2.24) is 5.06 Å².